The van der Waals surface area contributed by atoms with Crippen molar-refractivity contribution in [2.75, 3.05) is 5.32 Å². The Kier molecular flexibility index (Phi) is 5.11. The molecule has 2 aromatic rings. The van der Waals surface area contributed by atoms with Gasteiger partial charge in [-0.2, -0.15) is 0 Å². The van der Waals surface area contributed by atoms with Crippen LogP contribution in [0.2, 0.25) is 0 Å². The van der Waals surface area contributed by atoms with E-state index >= 15 is 0 Å². The van der Waals surface area contributed by atoms with Crippen molar-refractivity contribution in [2.45, 2.75) is 26.9 Å². The molecule has 2 rings (SSSR count). The molecule has 0 saturated carbocycles. The number of halogens is 1. The second-order valence-corrected chi connectivity index (χ2v) is 5.39. The Morgan fingerprint density at radius 2 is 1.65 bits per heavy atom. The van der Waals surface area contributed by atoms with Gasteiger partial charge in [-0.25, -0.2) is 4.39 Å². The summed E-state index contributed by atoms with van der Waals surface area (Å²) in [5.74, 6) is -0.456. The van der Waals surface area contributed by atoms with E-state index in [2.05, 4.69) is 5.32 Å². The standard InChI is InChI=1S/C18H18FNO3/c1-11(2)23-17-9-6-14(12(3)21)10-16(17)20-18(22)13-4-7-15(19)8-5-13/h4-11H,1-3H3,(H,20,22). The second-order valence-electron chi connectivity index (χ2n) is 5.39. The summed E-state index contributed by atoms with van der Waals surface area (Å²) in [6.07, 6.45) is -0.0837. The molecule has 0 saturated heterocycles. The van der Waals surface area contributed by atoms with E-state index in [-0.39, 0.29) is 11.9 Å². The smallest absolute Gasteiger partial charge is 0.255 e. The third-order valence-electron chi connectivity index (χ3n) is 3.10. The topological polar surface area (TPSA) is 55.4 Å². The van der Waals surface area contributed by atoms with Crippen LogP contribution < -0.4 is 10.1 Å². The van der Waals surface area contributed by atoms with Gasteiger partial charge in [0.25, 0.3) is 5.91 Å². The van der Waals surface area contributed by atoms with E-state index in [1.165, 1.54) is 31.2 Å². The maximum Gasteiger partial charge on any atom is 0.255 e. The maximum atomic E-state index is 12.9. The molecule has 0 unspecified atom stereocenters. The lowest BCUT2D eigenvalue weighted by atomic mass is 10.1. The van der Waals surface area contributed by atoms with Gasteiger partial charge in [0, 0.05) is 11.1 Å². The van der Waals surface area contributed by atoms with Crippen LogP contribution in [0.3, 0.4) is 0 Å². The molecular weight excluding hydrogens is 297 g/mol. The number of ether oxygens (including phenoxy) is 1. The highest BCUT2D eigenvalue weighted by atomic mass is 19.1. The minimum absolute atomic E-state index is 0.0837. The molecule has 5 heteroatoms. The van der Waals surface area contributed by atoms with Crippen molar-refractivity contribution in [1.29, 1.82) is 0 Å². The van der Waals surface area contributed by atoms with E-state index in [1.807, 2.05) is 13.8 Å². The molecule has 0 atom stereocenters. The van der Waals surface area contributed by atoms with E-state index in [1.54, 1.807) is 18.2 Å². The van der Waals surface area contributed by atoms with Crippen LogP contribution >= 0.6 is 0 Å². The zero-order valence-corrected chi connectivity index (χ0v) is 13.2. The number of amides is 1. The molecule has 0 spiro atoms. The highest BCUT2D eigenvalue weighted by Gasteiger charge is 2.13. The fourth-order valence-corrected chi connectivity index (χ4v) is 2.00. The van der Waals surface area contributed by atoms with Crippen LogP contribution in [0.25, 0.3) is 0 Å². The number of nitrogens with one attached hydrogen (secondary N) is 1. The van der Waals surface area contributed by atoms with Crippen LogP contribution in [0, 0.1) is 5.82 Å². The predicted octanol–water partition coefficient (Wildman–Crippen LogP) is 4.07. The maximum absolute atomic E-state index is 12.9. The monoisotopic (exact) mass is 315 g/mol. The average Bonchev–Trinajstić information content (AvgIpc) is 2.49. The first kappa shape index (κ1) is 16.7. The number of ketones is 1. The van der Waals surface area contributed by atoms with E-state index < -0.39 is 11.7 Å². The van der Waals surface area contributed by atoms with E-state index in [0.29, 0.717) is 22.6 Å². The van der Waals surface area contributed by atoms with Crippen molar-refractivity contribution in [1.82, 2.24) is 0 Å². The van der Waals surface area contributed by atoms with Gasteiger partial charge < -0.3 is 10.1 Å². The van der Waals surface area contributed by atoms with Crippen LogP contribution in [0.5, 0.6) is 5.75 Å². The van der Waals surface area contributed by atoms with E-state index in [0.717, 1.165) is 0 Å². The van der Waals surface area contributed by atoms with Crippen molar-refractivity contribution < 1.29 is 18.7 Å². The molecule has 23 heavy (non-hydrogen) atoms. The summed E-state index contributed by atoms with van der Waals surface area (Å²) in [6.45, 7) is 5.18. The molecule has 1 amide bonds. The molecule has 1 N–H and O–H groups in total. The Balaban J connectivity index is 2.31. The molecule has 4 nitrogen and oxygen atoms in total. The Labute approximate surface area is 134 Å². The Hall–Kier alpha value is -2.69. The first-order valence-electron chi connectivity index (χ1n) is 7.25. The first-order chi connectivity index (χ1) is 10.9. The molecule has 0 aromatic heterocycles. The molecular formula is C18H18FNO3. The lowest BCUT2D eigenvalue weighted by Gasteiger charge is -2.16. The molecule has 0 aliphatic carbocycles. The number of carbonyl (C=O) groups excluding carboxylic acids is 2. The normalized spacial score (nSPS) is 10.5. The summed E-state index contributed by atoms with van der Waals surface area (Å²) in [7, 11) is 0. The largest absolute Gasteiger partial charge is 0.489 e. The van der Waals surface area contributed by atoms with Gasteiger partial charge in [0.05, 0.1) is 11.8 Å². The van der Waals surface area contributed by atoms with Crippen LogP contribution in [-0.4, -0.2) is 17.8 Å². The molecule has 0 bridgehead atoms. The Morgan fingerprint density at radius 3 is 2.22 bits per heavy atom. The third-order valence-corrected chi connectivity index (χ3v) is 3.10. The molecule has 2 aromatic carbocycles. The van der Waals surface area contributed by atoms with Gasteiger partial charge in [0.15, 0.2) is 5.78 Å². The van der Waals surface area contributed by atoms with Crippen molar-refractivity contribution in [3.05, 3.63) is 59.4 Å². The minimum Gasteiger partial charge on any atom is -0.489 e. The Bertz CT molecular complexity index is 724. The second kappa shape index (κ2) is 7.05. The van der Waals surface area contributed by atoms with Gasteiger partial charge in [-0.05, 0) is 63.2 Å². The number of benzene rings is 2. The van der Waals surface area contributed by atoms with Crippen molar-refractivity contribution in [2.24, 2.45) is 0 Å². The highest BCUT2D eigenvalue weighted by molar-refractivity contribution is 6.06. The number of hydrogen-bond donors (Lipinski definition) is 1. The summed E-state index contributed by atoms with van der Waals surface area (Å²) < 4.78 is 18.6. The van der Waals surface area contributed by atoms with Gasteiger partial charge in [-0.3, -0.25) is 9.59 Å². The molecule has 0 aliphatic rings. The summed E-state index contributed by atoms with van der Waals surface area (Å²) in [5.41, 5.74) is 1.19. The lowest BCUT2D eigenvalue weighted by molar-refractivity contribution is 0.101. The van der Waals surface area contributed by atoms with Crippen molar-refractivity contribution in [3.63, 3.8) is 0 Å². The fourth-order valence-electron chi connectivity index (χ4n) is 2.00. The number of rotatable bonds is 5. The van der Waals surface area contributed by atoms with Crippen molar-refractivity contribution >= 4 is 17.4 Å². The third kappa shape index (κ3) is 4.39. The summed E-state index contributed by atoms with van der Waals surface area (Å²) in [4.78, 5) is 23.8. The minimum atomic E-state index is -0.413. The molecule has 0 fully saturated rings. The van der Waals surface area contributed by atoms with Gasteiger partial charge in [0.1, 0.15) is 11.6 Å². The first-order valence-corrected chi connectivity index (χ1v) is 7.25. The van der Waals surface area contributed by atoms with Gasteiger partial charge >= 0.3 is 0 Å². The van der Waals surface area contributed by atoms with Gasteiger partial charge in [0.2, 0.25) is 0 Å². The quantitative estimate of drug-likeness (QED) is 0.846. The molecule has 0 radical (unpaired) electrons. The number of anilines is 1. The van der Waals surface area contributed by atoms with Gasteiger partial charge in [-0.15, -0.1) is 0 Å². The molecule has 0 heterocycles. The van der Waals surface area contributed by atoms with Crippen LogP contribution in [0.4, 0.5) is 10.1 Å². The average molecular weight is 315 g/mol. The SMILES string of the molecule is CC(=O)c1ccc(OC(C)C)c(NC(=O)c2ccc(F)cc2)c1. The van der Waals surface area contributed by atoms with Gasteiger partial charge in [-0.1, -0.05) is 0 Å². The van der Waals surface area contributed by atoms with E-state index in [9.17, 15) is 14.0 Å². The predicted molar refractivity (Wildman–Crippen MR) is 86.6 cm³/mol. The van der Waals surface area contributed by atoms with Crippen LogP contribution in [0.15, 0.2) is 42.5 Å². The molecule has 0 aliphatic heterocycles. The highest BCUT2D eigenvalue weighted by Crippen LogP contribution is 2.27. The van der Waals surface area contributed by atoms with Crippen molar-refractivity contribution in [3.8, 4) is 5.75 Å². The number of hydrogen-bond acceptors (Lipinski definition) is 3. The summed E-state index contributed by atoms with van der Waals surface area (Å²) in [5, 5.41) is 2.71. The Morgan fingerprint density at radius 1 is 1.04 bits per heavy atom. The van der Waals surface area contributed by atoms with Crippen LogP contribution in [-0.2, 0) is 0 Å². The zero-order chi connectivity index (χ0) is 17.0. The van der Waals surface area contributed by atoms with Crippen LogP contribution in [0.1, 0.15) is 41.5 Å². The summed E-state index contributed by atoms with van der Waals surface area (Å²) in [6, 6.07) is 10.1. The summed E-state index contributed by atoms with van der Waals surface area (Å²) >= 11 is 0. The number of carbonyl (C=O) groups is 2. The lowest BCUT2D eigenvalue weighted by Crippen LogP contribution is -2.15. The number of Topliss-reactive ketones (excluding diaryl/α,β-unsaturated/α-hetero) is 1. The van der Waals surface area contributed by atoms with E-state index in [4.69, 9.17) is 4.74 Å². The molecule has 120 valence electrons. The zero-order valence-electron chi connectivity index (χ0n) is 13.2. The fraction of sp³-hybridized carbons (Fsp3) is 0.222.